The molecule has 0 radical (unpaired) electrons. The number of nitrogens with zero attached hydrogens (tertiary/aromatic N) is 2. The van der Waals surface area contributed by atoms with E-state index >= 15 is 0 Å². The first-order chi connectivity index (χ1) is 15.1. The van der Waals surface area contributed by atoms with E-state index in [1.165, 1.54) is 0 Å². The highest BCUT2D eigenvalue weighted by Crippen LogP contribution is 2.38. The van der Waals surface area contributed by atoms with Crippen LogP contribution in [-0.4, -0.2) is 35.4 Å². The minimum Gasteiger partial charge on any atom is -0.490 e. The smallest absolute Gasteiger partial charge is 0.272 e. The Morgan fingerprint density at radius 1 is 1.13 bits per heavy atom. The zero-order valence-electron chi connectivity index (χ0n) is 18.1. The van der Waals surface area contributed by atoms with E-state index in [2.05, 4.69) is 10.4 Å². The number of aromatic nitrogens is 2. The van der Waals surface area contributed by atoms with Crippen molar-refractivity contribution in [2.24, 2.45) is 7.05 Å². The van der Waals surface area contributed by atoms with Crippen molar-refractivity contribution >= 4 is 5.91 Å². The van der Waals surface area contributed by atoms with Gasteiger partial charge in [0.05, 0.1) is 18.9 Å². The second-order valence-corrected chi connectivity index (χ2v) is 7.24. The fraction of sp³-hybridized carbons (Fsp3) is 0.333. The van der Waals surface area contributed by atoms with Gasteiger partial charge in [-0.15, -0.1) is 0 Å². The van der Waals surface area contributed by atoms with Crippen molar-refractivity contribution < 1.29 is 19.0 Å². The van der Waals surface area contributed by atoms with E-state index in [-0.39, 0.29) is 5.91 Å². The Bertz CT molecular complexity index is 1090. The van der Waals surface area contributed by atoms with Crippen molar-refractivity contribution in [3.63, 3.8) is 0 Å². The molecule has 0 fully saturated rings. The zero-order valence-corrected chi connectivity index (χ0v) is 18.1. The van der Waals surface area contributed by atoms with Crippen LogP contribution in [0.15, 0.2) is 42.5 Å². The molecule has 0 saturated carbocycles. The standard InChI is InChI=1S/C24H27N3O4/c1-4-29-20-11-10-16(14-21(20)30-5-2)12-13-25-24(28)22-18-15-31-19-9-7-6-8-17(19)23(18)27(3)26-22/h6-11,14H,4-5,12-13,15H2,1-3H3,(H,25,28). The fourth-order valence-corrected chi connectivity index (χ4v) is 3.82. The summed E-state index contributed by atoms with van der Waals surface area (Å²) in [6.45, 7) is 5.85. The maximum atomic E-state index is 12.9. The summed E-state index contributed by atoms with van der Waals surface area (Å²) in [6, 6.07) is 13.7. The van der Waals surface area contributed by atoms with Gasteiger partial charge in [-0.2, -0.15) is 5.10 Å². The van der Waals surface area contributed by atoms with Gasteiger partial charge in [-0.25, -0.2) is 0 Å². The van der Waals surface area contributed by atoms with Gasteiger partial charge in [0.2, 0.25) is 0 Å². The maximum absolute atomic E-state index is 12.9. The Morgan fingerprint density at radius 2 is 1.90 bits per heavy atom. The average Bonchev–Trinajstić information content (AvgIpc) is 3.13. The predicted molar refractivity (Wildman–Crippen MR) is 118 cm³/mol. The van der Waals surface area contributed by atoms with Gasteiger partial charge < -0.3 is 19.5 Å². The van der Waals surface area contributed by atoms with Gasteiger partial charge in [0.15, 0.2) is 17.2 Å². The van der Waals surface area contributed by atoms with Crippen molar-refractivity contribution in [3.05, 3.63) is 59.3 Å². The molecule has 0 atom stereocenters. The number of amides is 1. The van der Waals surface area contributed by atoms with Crippen LogP contribution in [0.2, 0.25) is 0 Å². The number of benzene rings is 2. The largest absolute Gasteiger partial charge is 0.490 e. The Balaban J connectivity index is 1.45. The van der Waals surface area contributed by atoms with Crippen molar-refractivity contribution in [1.29, 1.82) is 0 Å². The van der Waals surface area contributed by atoms with Crippen molar-refractivity contribution in [1.82, 2.24) is 15.1 Å². The fourth-order valence-electron chi connectivity index (χ4n) is 3.82. The van der Waals surface area contributed by atoms with E-state index in [1.807, 2.05) is 63.4 Å². The number of carbonyl (C=O) groups is 1. The number of hydrogen-bond acceptors (Lipinski definition) is 5. The van der Waals surface area contributed by atoms with Crippen molar-refractivity contribution in [2.75, 3.05) is 19.8 Å². The molecule has 3 aromatic rings. The van der Waals surface area contributed by atoms with E-state index in [0.29, 0.717) is 38.5 Å². The molecule has 1 amide bonds. The monoisotopic (exact) mass is 421 g/mol. The highest BCUT2D eigenvalue weighted by molar-refractivity contribution is 5.96. The molecule has 1 aliphatic rings. The molecule has 2 heterocycles. The number of hydrogen-bond donors (Lipinski definition) is 1. The minimum absolute atomic E-state index is 0.198. The van der Waals surface area contributed by atoms with Crippen molar-refractivity contribution in [2.45, 2.75) is 26.9 Å². The molecule has 1 N–H and O–H groups in total. The van der Waals surface area contributed by atoms with Gasteiger partial charge in [0.25, 0.3) is 5.91 Å². The first-order valence-corrected chi connectivity index (χ1v) is 10.6. The number of carbonyl (C=O) groups excluding carboxylic acids is 1. The van der Waals surface area contributed by atoms with Crippen LogP contribution in [0.4, 0.5) is 0 Å². The van der Waals surface area contributed by atoms with Gasteiger partial charge in [-0.1, -0.05) is 18.2 Å². The van der Waals surface area contributed by atoms with Gasteiger partial charge >= 0.3 is 0 Å². The predicted octanol–water partition coefficient (Wildman–Crippen LogP) is 3.75. The summed E-state index contributed by atoms with van der Waals surface area (Å²) < 4.78 is 18.9. The minimum atomic E-state index is -0.198. The lowest BCUT2D eigenvalue weighted by Crippen LogP contribution is -2.27. The third-order valence-corrected chi connectivity index (χ3v) is 5.18. The molecule has 0 bridgehead atoms. The number of ether oxygens (including phenoxy) is 3. The summed E-state index contributed by atoms with van der Waals surface area (Å²) in [5, 5.41) is 7.46. The molecule has 0 saturated heterocycles. The molecule has 4 rings (SSSR count). The molecule has 0 unspecified atom stereocenters. The van der Waals surface area contributed by atoms with E-state index in [4.69, 9.17) is 14.2 Å². The maximum Gasteiger partial charge on any atom is 0.272 e. The van der Waals surface area contributed by atoms with Gasteiger partial charge in [-0.3, -0.25) is 9.48 Å². The van der Waals surface area contributed by atoms with Gasteiger partial charge in [-0.05, 0) is 50.1 Å². The Hall–Kier alpha value is -3.48. The van der Waals surface area contributed by atoms with Crippen LogP contribution in [0, 0.1) is 0 Å². The van der Waals surface area contributed by atoms with Crippen LogP contribution in [0.5, 0.6) is 17.2 Å². The van der Waals surface area contributed by atoms with E-state index < -0.39 is 0 Å². The Labute approximate surface area is 181 Å². The third-order valence-electron chi connectivity index (χ3n) is 5.18. The van der Waals surface area contributed by atoms with Crippen LogP contribution < -0.4 is 19.5 Å². The molecule has 1 aliphatic heterocycles. The summed E-state index contributed by atoms with van der Waals surface area (Å²) >= 11 is 0. The van der Waals surface area contributed by atoms with Crippen LogP contribution in [0.3, 0.4) is 0 Å². The summed E-state index contributed by atoms with van der Waals surface area (Å²) in [7, 11) is 1.85. The molecule has 0 aliphatic carbocycles. The van der Waals surface area contributed by atoms with Crippen LogP contribution in [-0.2, 0) is 20.1 Å². The number of rotatable bonds is 8. The average molecular weight is 421 g/mol. The summed E-state index contributed by atoms with van der Waals surface area (Å²) in [5.74, 6) is 2.07. The molecule has 31 heavy (non-hydrogen) atoms. The van der Waals surface area contributed by atoms with E-state index in [9.17, 15) is 4.79 Å². The van der Waals surface area contributed by atoms with E-state index in [1.54, 1.807) is 4.68 Å². The Kier molecular flexibility index (Phi) is 6.11. The molecule has 7 heteroatoms. The normalized spacial score (nSPS) is 11.8. The first-order valence-electron chi connectivity index (χ1n) is 10.6. The lowest BCUT2D eigenvalue weighted by Gasteiger charge is -2.18. The van der Waals surface area contributed by atoms with Gasteiger partial charge in [0, 0.05) is 24.7 Å². The van der Waals surface area contributed by atoms with E-state index in [0.717, 1.165) is 39.6 Å². The SMILES string of the molecule is CCOc1ccc(CCNC(=O)c2nn(C)c3c2COc2ccccc2-3)cc1OCC. The van der Waals surface area contributed by atoms with Crippen molar-refractivity contribution in [3.8, 4) is 28.5 Å². The molecular formula is C24H27N3O4. The topological polar surface area (TPSA) is 74.6 Å². The van der Waals surface area contributed by atoms with Crippen LogP contribution >= 0.6 is 0 Å². The zero-order chi connectivity index (χ0) is 21.8. The van der Waals surface area contributed by atoms with Gasteiger partial charge in [0.1, 0.15) is 12.4 Å². The quantitative estimate of drug-likeness (QED) is 0.600. The first kappa shape index (κ1) is 20.8. The molecule has 0 spiro atoms. The number of aryl methyl sites for hydroxylation is 1. The molecule has 162 valence electrons. The summed E-state index contributed by atoms with van der Waals surface area (Å²) in [6.07, 6.45) is 0.673. The highest BCUT2D eigenvalue weighted by atomic mass is 16.5. The molecular weight excluding hydrogens is 394 g/mol. The second-order valence-electron chi connectivity index (χ2n) is 7.24. The van der Waals surface area contributed by atoms with Crippen LogP contribution in [0.1, 0.15) is 35.5 Å². The highest BCUT2D eigenvalue weighted by Gasteiger charge is 2.28. The molecule has 2 aromatic carbocycles. The number of fused-ring (bicyclic) bond motifs is 3. The molecule has 7 nitrogen and oxygen atoms in total. The second kappa shape index (κ2) is 9.12. The number of para-hydroxylation sites is 1. The molecule has 1 aromatic heterocycles. The summed E-state index contributed by atoms with van der Waals surface area (Å²) in [5.41, 5.74) is 4.18. The summed E-state index contributed by atoms with van der Waals surface area (Å²) in [4.78, 5) is 12.9. The lowest BCUT2D eigenvalue weighted by atomic mass is 10.0. The van der Waals surface area contributed by atoms with Crippen LogP contribution in [0.25, 0.3) is 11.3 Å². The Morgan fingerprint density at radius 3 is 2.71 bits per heavy atom. The third kappa shape index (κ3) is 4.21. The number of nitrogens with one attached hydrogen (secondary N) is 1. The lowest BCUT2D eigenvalue weighted by molar-refractivity contribution is 0.0946.